The quantitative estimate of drug-likeness (QED) is 0.604. The molecule has 2 aromatic rings. The highest BCUT2D eigenvalue weighted by Crippen LogP contribution is 2.19. The Morgan fingerprint density at radius 3 is 1.50 bits per heavy atom. The second-order valence-electron chi connectivity index (χ2n) is 6.42. The minimum Gasteiger partial charge on any atom is -1.00 e. The fourth-order valence-electron chi connectivity index (χ4n) is 2.11. The first-order valence-electron chi connectivity index (χ1n) is 7.24. The van der Waals surface area contributed by atoms with E-state index in [9.17, 15) is 0 Å². The van der Waals surface area contributed by atoms with Gasteiger partial charge in [-0.25, -0.2) is 0 Å². The summed E-state index contributed by atoms with van der Waals surface area (Å²) in [5.74, 6) is 0. The van der Waals surface area contributed by atoms with Crippen molar-refractivity contribution in [3.63, 3.8) is 0 Å². The maximum Gasteiger partial charge on any atom is 0.132 e. The van der Waals surface area contributed by atoms with Gasteiger partial charge in [-0.3, -0.25) is 4.48 Å². The Balaban J connectivity index is 0.00000242. The number of nitrogens with zero attached hydrogens (tertiary/aromatic N) is 2. The highest BCUT2D eigenvalue weighted by Gasteiger charge is 2.10. The molecule has 0 heterocycles. The van der Waals surface area contributed by atoms with E-state index in [-0.39, 0.29) is 12.4 Å². The summed E-state index contributed by atoms with van der Waals surface area (Å²) in [6.45, 7) is 0. The Morgan fingerprint density at radius 2 is 1.14 bits per heavy atom. The van der Waals surface area contributed by atoms with E-state index in [2.05, 4.69) is 101 Å². The first-order chi connectivity index (χ1) is 9.86. The third kappa shape index (κ3) is 4.90. The molecular formula is C19H25ClN2. The van der Waals surface area contributed by atoms with E-state index in [1.165, 1.54) is 22.5 Å². The lowest BCUT2D eigenvalue weighted by molar-refractivity contribution is -0.00000452. The number of halogens is 1. The molecule has 0 aliphatic carbocycles. The molecular weight excluding hydrogens is 292 g/mol. The normalized spacial score (nSPS) is 11.3. The van der Waals surface area contributed by atoms with E-state index in [4.69, 9.17) is 0 Å². The van der Waals surface area contributed by atoms with Crippen LogP contribution in [0.1, 0.15) is 11.1 Å². The minimum atomic E-state index is 0. The van der Waals surface area contributed by atoms with Gasteiger partial charge in [0.1, 0.15) is 5.69 Å². The van der Waals surface area contributed by atoms with Gasteiger partial charge in [0.25, 0.3) is 0 Å². The molecule has 0 aliphatic heterocycles. The monoisotopic (exact) mass is 316 g/mol. The van der Waals surface area contributed by atoms with Crippen LogP contribution in [-0.4, -0.2) is 35.2 Å². The number of hydrogen-bond donors (Lipinski definition) is 0. The van der Waals surface area contributed by atoms with Crippen molar-refractivity contribution in [2.24, 2.45) is 0 Å². The van der Waals surface area contributed by atoms with Gasteiger partial charge >= 0.3 is 0 Å². The predicted octanol–water partition coefficient (Wildman–Crippen LogP) is 1.12. The van der Waals surface area contributed by atoms with Crippen LogP contribution in [0.4, 0.5) is 11.4 Å². The number of rotatable bonds is 4. The first-order valence-corrected chi connectivity index (χ1v) is 7.24. The molecule has 2 nitrogen and oxygen atoms in total. The molecule has 0 aromatic heterocycles. The zero-order chi connectivity index (χ0) is 15.5. The number of hydrogen-bond acceptors (Lipinski definition) is 1. The molecule has 2 aromatic carbocycles. The average molecular weight is 317 g/mol. The van der Waals surface area contributed by atoms with Crippen LogP contribution in [0, 0.1) is 0 Å². The molecule has 118 valence electrons. The summed E-state index contributed by atoms with van der Waals surface area (Å²) in [4.78, 5) is 2.11. The summed E-state index contributed by atoms with van der Waals surface area (Å²) >= 11 is 0. The second kappa shape index (κ2) is 7.48. The van der Waals surface area contributed by atoms with Crippen molar-refractivity contribution in [2.45, 2.75) is 0 Å². The molecule has 0 bridgehead atoms. The molecule has 0 amide bonds. The number of benzene rings is 2. The maximum absolute atomic E-state index is 2.19. The Morgan fingerprint density at radius 1 is 0.727 bits per heavy atom. The molecule has 0 radical (unpaired) electrons. The molecule has 0 aliphatic rings. The third-order valence-corrected chi connectivity index (χ3v) is 3.55. The molecule has 0 unspecified atom stereocenters. The zero-order valence-electron chi connectivity index (χ0n) is 14.0. The fourth-order valence-corrected chi connectivity index (χ4v) is 2.11. The van der Waals surface area contributed by atoms with Crippen molar-refractivity contribution in [1.82, 2.24) is 4.48 Å². The number of quaternary nitrogens is 1. The van der Waals surface area contributed by atoms with Crippen LogP contribution in [0.2, 0.25) is 0 Å². The van der Waals surface area contributed by atoms with E-state index >= 15 is 0 Å². The van der Waals surface area contributed by atoms with Gasteiger partial charge in [0.2, 0.25) is 0 Å². The first kappa shape index (κ1) is 18.3. The van der Waals surface area contributed by atoms with Crippen LogP contribution in [0.3, 0.4) is 0 Å². The second-order valence-corrected chi connectivity index (χ2v) is 6.42. The van der Waals surface area contributed by atoms with E-state index < -0.39 is 0 Å². The van der Waals surface area contributed by atoms with E-state index in [1.54, 1.807) is 0 Å². The molecule has 0 saturated carbocycles. The molecule has 0 fully saturated rings. The third-order valence-electron chi connectivity index (χ3n) is 3.55. The molecule has 0 atom stereocenters. The Kier molecular flexibility index (Phi) is 6.21. The predicted molar refractivity (Wildman–Crippen MR) is 95.7 cm³/mol. The molecule has 3 heteroatoms. The van der Waals surface area contributed by atoms with Gasteiger partial charge < -0.3 is 17.3 Å². The van der Waals surface area contributed by atoms with Gasteiger partial charge in [-0.05, 0) is 47.5 Å². The summed E-state index contributed by atoms with van der Waals surface area (Å²) < 4.78 is 0.843. The van der Waals surface area contributed by atoms with E-state index in [0.29, 0.717) is 0 Å². The van der Waals surface area contributed by atoms with Crippen molar-refractivity contribution < 1.29 is 12.4 Å². The summed E-state index contributed by atoms with van der Waals surface area (Å²) in [5.41, 5.74) is 4.97. The fraction of sp³-hybridized carbons (Fsp3) is 0.263. The van der Waals surface area contributed by atoms with Gasteiger partial charge in [-0.2, -0.15) is 0 Å². The highest BCUT2D eigenvalue weighted by atomic mass is 35.5. The van der Waals surface area contributed by atoms with Crippen LogP contribution in [0.5, 0.6) is 0 Å². The molecule has 0 spiro atoms. The lowest BCUT2D eigenvalue weighted by Gasteiger charge is -2.23. The Hall–Kier alpha value is -1.77. The highest BCUT2D eigenvalue weighted by molar-refractivity contribution is 5.71. The van der Waals surface area contributed by atoms with Crippen LogP contribution in [0.15, 0.2) is 48.5 Å². The van der Waals surface area contributed by atoms with Crippen LogP contribution in [0.25, 0.3) is 12.2 Å². The molecule has 0 N–H and O–H groups in total. The van der Waals surface area contributed by atoms with Crippen LogP contribution >= 0.6 is 0 Å². The lowest BCUT2D eigenvalue weighted by Crippen LogP contribution is -3.00. The molecule has 2 rings (SSSR count). The lowest BCUT2D eigenvalue weighted by atomic mass is 10.1. The summed E-state index contributed by atoms with van der Waals surface area (Å²) in [5, 5.41) is 0. The molecule has 22 heavy (non-hydrogen) atoms. The average Bonchev–Trinajstić information content (AvgIpc) is 2.45. The van der Waals surface area contributed by atoms with Gasteiger partial charge in [0.05, 0.1) is 21.1 Å². The van der Waals surface area contributed by atoms with Crippen molar-refractivity contribution in [3.8, 4) is 0 Å². The molecule has 0 saturated heterocycles. The van der Waals surface area contributed by atoms with Gasteiger partial charge in [-0.1, -0.05) is 24.3 Å². The summed E-state index contributed by atoms with van der Waals surface area (Å²) in [6, 6.07) is 17.3. The summed E-state index contributed by atoms with van der Waals surface area (Å²) in [7, 11) is 10.6. The van der Waals surface area contributed by atoms with Gasteiger partial charge in [0, 0.05) is 19.8 Å². The van der Waals surface area contributed by atoms with Crippen molar-refractivity contribution in [3.05, 3.63) is 59.7 Å². The van der Waals surface area contributed by atoms with Gasteiger partial charge in [0.15, 0.2) is 0 Å². The van der Waals surface area contributed by atoms with Crippen LogP contribution < -0.4 is 21.8 Å². The zero-order valence-corrected chi connectivity index (χ0v) is 14.8. The SMILES string of the molecule is CN(C)c1ccc(C=Cc2ccc([N+](C)(C)C)cc2)cc1.[Cl-]. The standard InChI is InChI=1S/C19H25N2.ClH/c1-20(2)18-12-8-16(9-13-18)6-7-17-10-14-19(15-11-17)21(3,4)5;/h6-15H,1-5H3;1H/q+1;/p-1. The smallest absolute Gasteiger partial charge is 0.132 e. The Labute approximate surface area is 140 Å². The van der Waals surface area contributed by atoms with Crippen molar-refractivity contribution in [2.75, 3.05) is 40.1 Å². The largest absolute Gasteiger partial charge is 1.00 e. The van der Waals surface area contributed by atoms with Crippen molar-refractivity contribution in [1.29, 1.82) is 0 Å². The van der Waals surface area contributed by atoms with E-state index in [0.717, 1.165) is 4.48 Å². The Bertz CT molecular complexity index is 605. The van der Waals surface area contributed by atoms with Crippen LogP contribution in [-0.2, 0) is 0 Å². The number of anilines is 1. The van der Waals surface area contributed by atoms with Crippen molar-refractivity contribution >= 4 is 23.5 Å². The maximum atomic E-state index is 2.19. The van der Waals surface area contributed by atoms with Gasteiger partial charge in [-0.15, -0.1) is 0 Å². The minimum absolute atomic E-state index is 0. The topological polar surface area (TPSA) is 3.24 Å². The van der Waals surface area contributed by atoms with E-state index in [1.807, 2.05) is 0 Å². The summed E-state index contributed by atoms with van der Waals surface area (Å²) in [6.07, 6.45) is 4.31.